The standard InChI is InChI=1S/C38H70.C6H11N.C2H6/c1-6-8-10-12-14-16-18-20-22-24-26-28-30-35(36-31-33-37(34-32-36)38(3,4)5)29-27-25-23-21-19-17-15-13-11-9-7-2;1-3-4-5-6-7-2;1-2/h31,33-34H,6-30,32H2,1-5H3;4-6H,3H2,1-2H3;1-2H3/b36-35-;5-4-,7-6?;. The summed E-state index contributed by atoms with van der Waals surface area (Å²) in [6.45, 7) is 17.7. The molecule has 0 atom stereocenters. The zero-order valence-corrected chi connectivity index (χ0v) is 34.0. The Morgan fingerprint density at radius 1 is 0.596 bits per heavy atom. The van der Waals surface area contributed by atoms with E-state index in [1.54, 1.807) is 24.4 Å². The first-order valence-electron chi connectivity index (χ1n) is 21.1. The van der Waals surface area contributed by atoms with Crippen LogP contribution in [0.25, 0.3) is 0 Å². The van der Waals surface area contributed by atoms with E-state index in [0.717, 1.165) is 12.8 Å². The zero-order chi connectivity index (χ0) is 35.3. The largest absolute Gasteiger partial charge is 0.297 e. The molecule has 0 aliphatic heterocycles. The van der Waals surface area contributed by atoms with Gasteiger partial charge in [-0.15, -0.1) is 0 Å². The number of rotatable bonds is 27. The summed E-state index contributed by atoms with van der Waals surface area (Å²) in [5, 5.41) is 0. The third-order valence-corrected chi connectivity index (χ3v) is 9.35. The molecule has 0 fully saturated rings. The molecule has 0 aromatic carbocycles. The van der Waals surface area contributed by atoms with E-state index < -0.39 is 0 Å². The van der Waals surface area contributed by atoms with Crippen molar-refractivity contribution in [1.29, 1.82) is 0 Å². The first kappa shape index (κ1) is 47.7. The molecule has 1 heteroatoms. The van der Waals surface area contributed by atoms with Crippen molar-refractivity contribution in [1.82, 2.24) is 0 Å². The predicted octanol–water partition coefficient (Wildman–Crippen LogP) is 16.7. The van der Waals surface area contributed by atoms with Gasteiger partial charge in [-0.3, -0.25) is 4.99 Å². The highest BCUT2D eigenvalue weighted by atomic mass is 14.6. The van der Waals surface area contributed by atoms with Crippen LogP contribution in [0.3, 0.4) is 0 Å². The summed E-state index contributed by atoms with van der Waals surface area (Å²) in [4.78, 5) is 3.76. The quantitative estimate of drug-likeness (QED) is 0.0618. The summed E-state index contributed by atoms with van der Waals surface area (Å²) < 4.78 is 0. The van der Waals surface area contributed by atoms with Crippen molar-refractivity contribution in [2.24, 2.45) is 10.4 Å². The molecule has 1 aliphatic rings. The molecule has 1 rings (SSSR count). The van der Waals surface area contributed by atoms with Gasteiger partial charge in [-0.05, 0) is 61.2 Å². The SMILES string of the molecule is CC.CC/C=C\C=NC.CCCCCCCCCCCCCC/C(CCCCCCCCCCCCC)=C1/C=CC(C(C)(C)C)=CC1. The molecule has 0 heterocycles. The van der Waals surface area contributed by atoms with E-state index in [-0.39, 0.29) is 5.41 Å². The van der Waals surface area contributed by atoms with Gasteiger partial charge in [-0.2, -0.15) is 0 Å². The van der Waals surface area contributed by atoms with Crippen molar-refractivity contribution in [3.8, 4) is 0 Å². The Labute approximate surface area is 298 Å². The molecule has 0 saturated heterocycles. The molecular weight excluding hydrogens is 567 g/mol. The normalized spacial score (nSPS) is 14.2. The molecule has 0 radical (unpaired) electrons. The lowest BCUT2D eigenvalue weighted by atomic mass is 9.81. The number of aliphatic imine (C=N–C) groups is 1. The average Bonchev–Trinajstić information content (AvgIpc) is 3.08. The minimum atomic E-state index is 0.272. The Kier molecular flexibility index (Phi) is 38.0. The first-order chi connectivity index (χ1) is 22.9. The number of hydrogen-bond donors (Lipinski definition) is 0. The van der Waals surface area contributed by atoms with Crippen LogP contribution in [0.4, 0.5) is 0 Å². The fraction of sp³-hybridized carbons (Fsp3) is 0.804. The van der Waals surface area contributed by atoms with Crippen LogP contribution in [0, 0.1) is 5.41 Å². The molecule has 0 N–H and O–H groups in total. The topological polar surface area (TPSA) is 12.4 Å². The summed E-state index contributed by atoms with van der Waals surface area (Å²) in [6.07, 6.45) is 51.3. The van der Waals surface area contributed by atoms with Crippen molar-refractivity contribution < 1.29 is 0 Å². The van der Waals surface area contributed by atoms with Crippen LogP contribution in [0.15, 0.2) is 52.1 Å². The Balaban J connectivity index is 0. The van der Waals surface area contributed by atoms with Gasteiger partial charge in [-0.1, -0.05) is 220 Å². The van der Waals surface area contributed by atoms with E-state index in [4.69, 9.17) is 0 Å². The Hall–Kier alpha value is -1.37. The third kappa shape index (κ3) is 32.9. The number of allylic oxidation sites excluding steroid dienone is 8. The van der Waals surface area contributed by atoms with E-state index >= 15 is 0 Å². The fourth-order valence-electron chi connectivity index (χ4n) is 6.28. The van der Waals surface area contributed by atoms with Gasteiger partial charge in [0.05, 0.1) is 0 Å². The average molecular weight is 654 g/mol. The molecular formula is C46H87N. The van der Waals surface area contributed by atoms with Crippen molar-refractivity contribution in [2.45, 2.75) is 229 Å². The lowest BCUT2D eigenvalue weighted by Gasteiger charge is -2.24. The van der Waals surface area contributed by atoms with Crippen molar-refractivity contribution in [2.75, 3.05) is 7.05 Å². The van der Waals surface area contributed by atoms with E-state index in [1.807, 2.05) is 19.9 Å². The molecule has 1 aliphatic carbocycles. The maximum atomic E-state index is 3.76. The van der Waals surface area contributed by atoms with Crippen LogP contribution in [0.2, 0.25) is 0 Å². The van der Waals surface area contributed by atoms with Gasteiger partial charge in [-0.25, -0.2) is 0 Å². The monoisotopic (exact) mass is 654 g/mol. The Morgan fingerprint density at radius 3 is 1.28 bits per heavy atom. The minimum absolute atomic E-state index is 0.272. The maximum Gasteiger partial charge on any atom is 0.0277 e. The van der Waals surface area contributed by atoms with Gasteiger partial charge in [0.1, 0.15) is 0 Å². The molecule has 0 saturated carbocycles. The summed E-state index contributed by atoms with van der Waals surface area (Å²) in [5.41, 5.74) is 5.22. The second kappa shape index (κ2) is 37.4. The molecule has 0 bridgehead atoms. The third-order valence-electron chi connectivity index (χ3n) is 9.35. The Bertz CT molecular complexity index is 784. The maximum absolute atomic E-state index is 3.76. The van der Waals surface area contributed by atoms with E-state index in [9.17, 15) is 0 Å². The summed E-state index contributed by atoms with van der Waals surface area (Å²) in [7, 11) is 1.76. The van der Waals surface area contributed by atoms with E-state index in [0.29, 0.717) is 0 Å². The molecule has 47 heavy (non-hydrogen) atoms. The smallest absolute Gasteiger partial charge is 0.0277 e. The summed E-state index contributed by atoms with van der Waals surface area (Å²) in [5.74, 6) is 0. The van der Waals surface area contributed by atoms with E-state index in [1.165, 1.54) is 166 Å². The highest BCUT2D eigenvalue weighted by Gasteiger charge is 2.17. The zero-order valence-electron chi connectivity index (χ0n) is 34.0. The van der Waals surface area contributed by atoms with Crippen LogP contribution >= 0.6 is 0 Å². The van der Waals surface area contributed by atoms with Gasteiger partial charge in [0.15, 0.2) is 0 Å². The first-order valence-corrected chi connectivity index (χ1v) is 21.1. The van der Waals surface area contributed by atoms with E-state index in [2.05, 4.69) is 70.8 Å². The number of nitrogens with zero attached hydrogens (tertiary/aromatic N) is 1. The minimum Gasteiger partial charge on any atom is -0.297 e. The molecule has 1 nitrogen and oxygen atoms in total. The van der Waals surface area contributed by atoms with Crippen LogP contribution in [0.1, 0.15) is 229 Å². The van der Waals surface area contributed by atoms with Gasteiger partial charge in [0.25, 0.3) is 0 Å². The van der Waals surface area contributed by atoms with Crippen LogP contribution < -0.4 is 0 Å². The lowest BCUT2D eigenvalue weighted by Crippen LogP contribution is -2.09. The van der Waals surface area contributed by atoms with Gasteiger partial charge in [0.2, 0.25) is 0 Å². The highest BCUT2D eigenvalue weighted by Crippen LogP contribution is 2.33. The Morgan fingerprint density at radius 2 is 0.979 bits per heavy atom. The second-order valence-electron chi connectivity index (χ2n) is 14.7. The number of unbranched alkanes of at least 4 members (excludes halogenated alkanes) is 21. The molecule has 0 aromatic heterocycles. The summed E-state index contributed by atoms with van der Waals surface area (Å²) >= 11 is 0. The molecule has 0 spiro atoms. The van der Waals surface area contributed by atoms with Gasteiger partial charge >= 0.3 is 0 Å². The van der Waals surface area contributed by atoms with Crippen molar-refractivity contribution in [3.63, 3.8) is 0 Å². The van der Waals surface area contributed by atoms with Gasteiger partial charge < -0.3 is 0 Å². The highest BCUT2D eigenvalue weighted by molar-refractivity contribution is 5.70. The summed E-state index contributed by atoms with van der Waals surface area (Å²) in [6, 6.07) is 0. The lowest BCUT2D eigenvalue weighted by molar-refractivity contribution is 0.513. The van der Waals surface area contributed by atoms with Crippen LogP contribution in [-0.2, 0) is 0 Å². The molecule has 0 unspecified atom stereocenters. The molecule has 276 valence electrons. The van der Waals surface area contributed by atoms with Crippen molar-refractivity contribution >= 4 is 6.21 Å². The molecule has 0 aromatic rings. The van der Waals surface area contributed by atoms with Crippen molar-refractivity contribution in [3.05, 3.63) is 47.1 Å². The fourth-order valence-corrected chi connectivity index (χ4v) is 6.28. The molecule has 0 amide bonds. The number of hydrogen-bond acceptors (Lipinski definition) is 1. The predicted molar refractivity (Wildman–Crippen MR) is 220 cm³/mol. The van der Waals surface area contributed by atoms with Crippen LogP contribution in [0.5, 0.6) is 0 Å². The van der Waals surface area contributed by atoms with Gasteiger partial charge in [0, 0.05) is 13.3 Å². The van der Waals surface area contributed by atoms with Crippen LogP contribution in [-0.4, -0.2) is 13.3 Å². The second-order valence-corrected chi connectivity index (χ2v) is 14.7.